The third kappa shape index (κ3) is 2.98. The molecule has 1 unspecified atom stereocenters. The summed E-state index contributed by atoms with van der Waals surface area (Å²) in [6.45, 7) is 0. The first kappa shape index (κ1) is 15.7. The van der Waals surface area contributed by atoms with Crippen molar-refractivity contribution in [1.29, 1.82) is 0 Å². The summed E-state index contributed by atoms with van der Waals surface area (Å²) in [6.07, 6.45) is 0. The summed E-state index contributed by atoms with van der Waals surface area (Å²) in [6, 6.07) is 6.58. The summed E-state index contributed by atoms with van der Waals surface area (Å²) in [4.78, 5) is 0. The molecule has 1 N–H and O–H groups in total. The lowest BCUT2D eigenvalue weighted by molar-refractivity contribution is 0.518. The van der Waals surface area contributed by atoms with Crippen LogP contribution in [0.15, 0.2) is 34.8 Å². The predicted octanol–water partition coefficient (Wildman–Crippen LogP) is 5.34. The van der Waals surface area contributed by atoms with Gasteiger partial charge in [0.15, 0.2) is 0 Å². The Bertz CT molecular complexity index is 649. The van der Waals surface area contributed by atoms with Crippen molar-refractivity contribution in [1.82, 2.24) is 5.32 Å². The number of hydrogen-bond donors (Lipinski definition) is 1. The van der Waals surface area contributed by atoms with E-state index in [0.717, 1.165) is 0 Å². The van der Waals surface area contributed by atoms with Crippen LogP contribution in [0, 0.1) is 11.6 Å². The maximum Gasteiger partial charge on any atom is 0.145 e. The Morgan fingerprint density at radius 2 is 1.85 bits per heavy atom. The number of nitrogens with one attached hydrogen (secondary N) is 1. The number of hydrogen-bond acceptors (Lipinski definition) is 1. The second-order valence-electron chi connectivity index (χ2n) is 4.14. The summed E-state index contributed by atoms with van der Waals surface area (Å²) in [7, 11) is 1.60. The van der Waals surface area contributed by atoms with Gasteiger partial charge in [0, 0.05) is 15.6 Å². The molecular weight excluding hydrogens is 371 g/mol. The molecule has 0 heterocycles. The molecule has 0 bridgehead atoms. The van der Waals surface area contributed by atoms with Crippen molar-refractivity contribution >= 4 is 39.1 Å². The quantitative estimate of drug-likeness (QED) is 0.708. The van der Waals surface area contributed by atoms with E-state index in [1.165, 1.54) is 12.1 Å². The Morgan fingerprint density at radius 3 is 2.50 bits per heavy atom. The van der Waals surface area contributed by atoms with Gasteiger partial charge in [0.2, 0.25) is 0 Å². The Kier molecular flexibility index (Phi) is 5.02. The number of benzene rings is 2. The summed E-state index contributed by atoms with van der Waals surface area (Å²) in [5.74, 6) is -1.32. The molecule has 106 valence electrons. The largest absolute Gasteiger partial charge is 0.309 e. The maximum absolute atomic E-state index is 14.2. The van der Waals surface area contributed by atoms with Gasteiger partial charge in [0.05, 0.1) is 10.5 Å². The van der Waals surface area contributed by atoms with Gasteiger partial charge in [-0.2, -0.15) is 0 Å². The van der Waals surface area contributed by atoms with Crippen molar-refractivity contribution in [2.45, 2.75) is 6.04 Å². The molecule has 6 heteroatoms. The lowest BCUT2D eigenvalue weighted by Crippen LogP contribution is -2.21. The Morgan fingerprint density at radius 1 is 1.15 bits per heavy atom. The normalized spacial score (nSPS) is 12.5. The lowest BCUT2D eigenvalue weighted by atomic mass is 9.97. The van der Waals surface area contributed by atoms with Crippen LogP contribution in [-0.4, -0.2) is 7.05 Å². The number of rotatable bonds is 3. The van der Waals surface area contributed by atoms with E-state index in [1.54, 1.807) is 25.2 Å². The van der Waals surface area contributed by atoms with Gasteiger partial charge in [-0.15, -0.1) is 0 Å². The fourth-order valence-electron chi connectivity index (χ4n) is 2.00. The van der Waals surface area contributed by atoms with Crippen LogP contribution in [0.1, 0.15) is 17.2 Å². The second kappa shape index (κ2) is 6.39. The van der Waals surface area contributed by atoms with Crippen LogP contribution >= 0.6 is 39.1 Å². The topological polar surface area (TPSA) is 12.0 Å². The van der Waals surface area contributed by atoms with Crippen molar-refractivity contribution in [2.75, 3.05) is 7.05 Å². The minimum absolute atomic E-state index is 0.106. The number of halogens is 5. The highest BCUT2D eigenvalue weighted by atomic mass is 79.9. The summed E-state index contributed by atoms with van der Waals surface area (Å²) in [5, 5.41) is 3.69. The molecule has 0 aliphatic heterocycles. The molecule has 0 aliphatic rings. The lowest BCUT2D eigenvalue weighted by Gasteiger charge is -2.20. The average Bonchev–Trinajstić information content (AvgIpc) is 2.42. The summed E-state index contributed by atoms with van der Waals surface area (Å²) >= 11 is 15.1. The van der Waals surface area contributed by atoms with E-state index in [1.807, 2.05) is 0 Å². The zero-order valence-corrected chi connectivity index (χ0v) is 13.5. The molecule has 0 saturated carbocycles. The molecule has 0 spiro atoms. The fraction of sp³-hybridized carbons (Fsp3) is 0.143. The molecule has 1 nitrogen and oxygen atoms in total. The van der Waals surface area contributed by atoms with Crippen LogP contribution < -0.4 is 5.32 Å². The highest BCUT2D eigenvalue weighted by Gasteiger charge is 2.24. The van der Waals surface area contributed by atoms with E-state index in [9.17, 15) is 8.78 Å². The first-order valence-electron chi connectivity index (χ1n) is 5.71. The molecule has 20 heavy (non-hydrogen) atoms. The highest BCUT2D eigenvalue weighted by molar-refractivity contribution is 9.10. The van der Waals surface area contributed by atoms with Crippen molar-refractivity contribution in [3.63, 3.8) is 0 Å². The van der Waals surface area contributed by atoms with E-state index in [4.69, 9.17) is 23.2 Å². The van der Waals surface area contributed by atoms with Crippen molar-refractivity contribution < 1.29 is 8.78 Å². The molecule has 0 saturated heterocycles. The van der Waals surface area contributed by atoms with E-state index < -0.39 is 17.7 Å². The monoisotopic (exact) mass is 379 g/mol. The molecule has 1 atom stereocenters. The van der Waals surface area contributed by atoms with Gasteiger partial charge in [-0.1, -0.05) is 23.2 Å². The van der Waals surface area contributed by atoms with Gasteiger partial charge >= 0.3 is 0 Å². The van der Waals surface area contributed by atoms with Crippen LogP contribution in [0.4, 0.5) is 8.78 Å². The van der Waals surface area contributed by atoms with Gasteiger partial charge in [-0.3, -0.25) is 0 Å². The van der Waals surface area contributed by atoms with Gasteiger partial charge in [0.1, 0.15) is 11.6 Å². The molecule has 0 radical (unpaired) electrons. The molecule has 0 fully saturated rings. The van der Waals surface area contributed by atoms with E-state index >= 15 is 0 Å². The van der Waals surface area contributed by atoms with E-state index in [0.29, 0.717) is 15.6 Å². The second-order valence-corrected chi connectivity index (χ2v) is 5.84. The van der Waals surface area contributed by atoms with Crippen LogP contribution in [-0.2, 0) is 0 Å². The molecule has 0 amide bonds. The summed E-state index contributed by atoms with van der Waals surface area (Å²) in [5.41, 5.74) is 0.406. The molecule has 0 aliphatic carbocycles. The first-order valence-corrected chi connectivity index (χ1v) is 7.26. The Labute approximate surface area is 134 Å². The zero-order chi connectivity index (χ0) is 14.9. The van der Waals surface area contributed by atoms with Crippen molar-refractivity contribution in [3.05, 3.63) is 67.6 Å². The summed E-state index contributed by atoms with van der Waals surface area (Å²) < 4.78 is 28.4. The highest BCUT2D eigenvalue weighted by Crippen LogP contribution is 2.34. The smallest absolute Gasteiger partial charge is 0.145 e. The van der Waals surface area contributed by atoms with Crippen molar-refractivity contribution in [3.8, 4) is 0 Å². The molecule has 0 aromatic heterocycles. The Hall–Kier alpha value is -0.680. The minimum atomic E-state index is -0.737. The standard InChI is InChI=1S/C14H10BrCl2F2N/c1-20-14(8-6-7(16)2-4-10(8)17)12-11(18)5-3-9(15)13(12)19/h2-6,14,20H,1H3. The maximum atomic E-state index is 14.2. The minimum Gasteiger partial charge on any atom is -0.309 e. The third-order valence-electron chi connectivity index (χ3n) is 2.93. The zero-order valence-electron chi connectivity index (χ0n) is 10.4. The van der Waals surface area contributed by atoms with Gasteiger partial charge < -0.3 is 5.32 Å². The Balaban J connectivity index is 2.64. The third-order valence-corrected chi connectivity index (χ3v) is 4.12. The van der Waals surface area contributed by atoms with Crippen LogP contribution in [0.3, 0.4) is 0 Å². The molecule has 2 rings (SSSR count). The van der Waals surface area contributed by atoms with Gasteiger partial charge in [-0.05, 0) is 58.9 Å². The fourth-order valence-corrected chi connectivity index (χ4v) is 2.75. The van der Waals surface area contributed by atoms with E-state index in [-0.39, 0.29) is 10.0 Å². The van der Waals surface area contributed by atoms with Gasteiger partial charge in [0.25, 0.3) is 0 Å². The first-order chi connectivity index (χ1) is 9.45. The predicted molar refractivity (Wildman–Crippen MR) is 81.4 cm³/mol. The van der Waals surface area contributed by atoms with E-state index in [2.05, 4.69) is 21.2 Å². The van der Waals surface area contributed by atoms with Crippen LogP contribution in [0.5, 0.6) is 0 Å². The van der Waals surface area contributed by atoms with Crippen LogP contribution in [0.2, 0.25) is 10.0 Å². The SMILES string of the molecule is CNC(c1cc(Cl)ccc1Cl)c1c(F)ccc(Br)c1F. The molecule has 2 aromatic rings. The van der Waals surface area contributed by atoms with Gasteiger partial charge in [-0.25, -0.2) is 8.78 Å². The molecule has 2 aromatic carbocycles. The molecular formula is C14H10BrCl2F2N. The van der Waals surface area contributed by atoms with Crippen molar-refractivity contribution in [2.24, 2.45) is 0 Å². The average molecular weight is 381 g/mol. The van der Waals surface area contributed by atoms with Crippen LogP contribution in [0.25, 0.3) is 0 Å².